The van der Waals surface area contributed by atoms with Gasteiger partial charge in [0, 0.05) is 19.0 Å². The van der Waals surface area contributed by atoms with E-state index in [0.717, 1.165) is 5.82 Å². The second-order valence-electron chi connectivity index (χ2n) is 5.08. The zero-order valence-electron chi connectivity index (χ0n) is 12.9. The van der Waals surface area contributed by atoms with Crippen molar-refractivity contribution < 1.29 is 19.4 Å². The standard InChI is InChI=1S/C15H22N2O4/c1-10(2)17(9-5-6-14(18)19)13-8-7-12(11(3)16-13)15(20)21-4/h7-8,10H,5-6,9H2,1-4H3,(H,18,19). The lowest BCUT2D eigenvalue weighted by Crippen LogP contribution is -2.33. The Morgan fingerprint density at radius 3 is 2.52 bits per heavy atom. The molecule has 0 bridgehead atoms. The van der Waals surface area contributed by atoms with Crippen LogP contribution in [0.2, 0.25) is 0 Å². The normalized spacial score (nSPS) is 10.5. The Kier molecular flexibility index (Phi) is 6.14. The van der Waals surface area contributed by atoms with Gasteiger partial charge >= 0.3 is 11.9 Å². The molecule has 1 aromatic rings. The molecule has 1 heterocycles. The predicted octanol–water partition coefficient (Wildman–Crippen LogP) is 2.26. The number of ether oxygens (including phenoxy) is 1. The van der Waals surface area contributed by atoms with Crippen LogP contribution in [0.15, 0.2) is 12.1 Å². The molecule has 0 atom stereocenters. The number of aromatic nitrogens is 1. The second kappa shape index (κ2) is 7.61. The maximum Gasteiger partial charge on any atom is 0.339 e. The number of esters is 1. The molecule has 0 saturated heterocycles. The molecule has 6 nitrogen and oxygen atoms in total. The summed E-state index contributed by atoms with van der Waals surface area (Å²) in [6, 6.07) is 3.64. The van der Waals surface area contributed by atoms with Crippen LogP contribution in [0.1, 0.15) is 42.7 Å². The van der Waals surface area contributed by atoms with Crippen LogP contribution in [0.25, 0.3) is 0 Å². The number of hydrogen-bond donors (Lipinski definition) is 1. The molecule has 0 spiro atoms. The maximum absolute atomic E-state index is 11.6. The molecule has 0 fully saturated rings. The number of carbonyl (C=O) groups is 2. The highest BCUT2D eigenvalue weighted by molar-refractivity contribution is 5.90. The van der Waals surface area contributed by atoms with Crippen molar-refractivity contribution in [3.05, 3.63) is 23.4 Å². The average Bonchev–Trinajstić information content (AvgIpc) is 2.42. The van der Waals surface area contributed by atoms with Gasteiger partial charge in [-0.2, -0.15) is 0 Å². The molecular weight excluding hydrogens is 272 g/mol. The number of carbonyl (C=O) groups excluding carboxylic acids is 1. The zero-order chi connectivity index (χ0) is 16.0. The second-order valence-corrected chi connectivity index (χ2v) is 5.08. The largest absolute Gasteiger partial charge is 0.481 e. The van der Waals surface area contributed by atoms with E-state index < -0.39 is 11.9 Å². The number of rotatable bonds is 7. The minimum absolute atomic E-state index is 0.127. The first-order valence-electron chi connectivity index (χ1n) is 6.91. The molecule has 0 unspecified atom stereocenters. The van der Waals surface area contributed by atoms with Crippen LogP contribution in [0.4, 0.5) is 5.82 Å². The van der Waals surface area contributed by atoms with Crippen molar-refractivity contribution in [2.75, 3.05) is 18.6 Å². The van der Waals surface area contributed by atoms with E-state index in [1.165, 1.54) is 7.11 Å². The summed E-state index contributed by atoms with van der Waals surface area (Å²) < 4.78 is 4.70. The number of pyridine rings is 1. The Balaban J connectivity index is 2.91. The molecule has 6 heteroatoms. The summed E-state index contributed by atoms with van der Waals surface area (Å²) in [5, 5.41) is 8.72. The number of methoxy groups -OCH3 is 1. The minimum atomic E-state index is -0.802. The van der Waals surface area contributed by atoms with E-state index in [-0.39, 0.29) is 12.5 Å². The summed E-state index contributed by atoms with van der Waals surface area (Å²) in [5.74, 6) is -0.474. The summed E-state index contributed by atoms with van der Waals surface area (Å²) >= 11 is 0. The average molecular weight is 294 g/mol. The van der Waals surface area contributed by atoms with Gasteiger partial charge in [0.15, 0.2) is 0 Å². The number of nitrogens with zero attached hydrogens (tertiary/aromatic N) is 2. The summed E-state index contributed by atoms with van der Waals surface area (Å²) in [4.78, 5) is 28.6. The Labute approximate surface area is 124 Å². The van der Waals surface area contributed by atoms with Crippen molar-refractivity contribution in [2.24, 2.45) is 0 Å². The number of carboxylic acid groups (broad SMARTS) is 1. The van der Waals surface area contributed by atoms with E-state index in [4.69, 9.17) is 9.84 Å². The van der Waals surface area contributed by atoms with Crippen LogP contribution in [-0.4, -0.2) is 41.7 Å². The van der Waals surface area contributed by atoms with Crippen molar-refractivity contribution in [1.82, 2.24) is 4.98 Å². The van der Waals surface area contributed by atoms with E-state index in [0.29, 0.717) is 24.2 Å². The third kappa shape index (κ3) is 4.73. The molecule has 0 aliphatic carbocycles. The van der Waals surface area contributed by atoms with Gasteiger partial charge in [0.2, 0.25) is 0 Å². The highest BCUT2D eigenvalue weighted by Crippen LogP contribution is 2.18. The van der Waals surface area contributed by atoms with Crippen molar-refractivity contribution in [1.29, 1.82) is 0 Å². The molecule has 0 aromatic carbocycles. The number of aryl methyl sites for hydroxylation is 1. The highest BCUT2D eigenvalue weighted by Gasteiger charge is 2.16. The first-order valence-corrected chi connectivity index (χ1v) is 6.91. The molecule has 1 N–H and O–H groups in total. The SMILES string of the molecule is COC(=O)c1ccc(N(CCCC(=O)O)C(C)C)nc1C. The maximum atomic E-state index is 11.6. The third-order valence-corrected chi connectivity index (χ3v) is 3.18. The monoisotopic (exact) mass is 294 g/mol. The van der Waals surface area contributed by atoms with Gasteiger partial charge in [-0.3, -0.25) is 4.79 Å². The molecular formula is C15H22N2O4. The highest BCUT2D eigenvalue weighted by atomic mass is 16.5. The van der Waals surface area contributed by atoms with Gasteiger partial charge in [-0.1, -0.05) is 0 Å². The Hall–Kier alpha value is -2.11. The van der Waals surface area contributed by atoms with Gasteiger partial charge in [0.25, 0.3) is 0 Å². The van der Waals surface area contributed by atoms with E-state index >= 15 is 0 Å². The topological polar surface area (TPSA) is 79.7 Å². The van der Waals surface area contributed by atoms with Crippen LogP contribution in [-0.2, 0) is 9.53 Å². The van der Waals surface area contributed by atoms with Gasteiger partial charge in [0.05, 0.1) is 18.4 Å². The molecule has 21 heavy (non-hydrogen) atoms. The Morgan fingerprint density at radius 1 is 1.38 bits per heavy atom. The molecule has 0 saturated carbocycles. The van der Waals surface area contributed by atoms with E-state index in [1.807, 2.05) is 18.7 Å². The zero-order valence-corrected chi connectivity index (χ0v) is 12.9. The van der Waals surface area contributed by atoms with Crippen LogP contribution < -0.4 is 4.90 Å². The number of hydrogen-bond acceptors (Lipinski definition) is 5. The molecule has 0 aliphatic heterocycles. The fraction of sp³-hybridized carbons (Fsp3) is 0.533. The first-order chi connectivity index (χ1) is 9.86. The number of aliphatic carboxylic acids is 1. The van der Waals surface area contributed by atoms with E-state index in [9.17, 15) is 9.59 Å². The Bertz CT molecular complexity index is 514. The van der Waals surface area contributed by atoms with E-state index in [1.54, 1.807) is 19.1 Å². The molecule has 0 amide bonds. The van der Waals surface area contributed by atoms with Crippen molar-refractivity contribution >= 4 is 17.8 Å². The van der Waals surface area contributed by atoms with Crippen LogP contribution in [0, 0.1) is 6.92 Å². The molecule has 1 aromatic heterocycles. The number of anilines is 1. The van der Waals surface area contributed by atoms with Gasteiger partial charge < -0.3 is 14.7 Å². The van der Waals surface area contributed by atoms with E-state index in [2.05, 4.69) is 4.98 Å². The molecule has 1 rings (SSSR count). The third-order valence-electron chi connectivity index (χ3n) is 3.18. The van der Waals surface area contributed by atoms with Gasteiger partial charge in [0.1, 0.15) is 5.82 Å². The van der Waals surface area contributed by atoms with Crippen LogP contribution in [0.5, 0.6) is 0 Å². The van der Waals surface area contributed by atoms with Crippen molar-refractivity contribution in [3.63, 3.8) is 0 Å². The predicted molar refractivity (Wildman–Crippen MR) is 79.7 cm³/mol. The summed E-state index contributed by atoms with van der Waals surface area (Å²) in [6.45, 7) is 6.40. The first kappa shape index (κ1) is 16.9. The molecule has 0 radical (unpaired) electrons. The van der Waals surface area contributed by atoms with Gasteiger partial charge in [-0.15, -0.1) is 0 Å². The van der Waals surface area contributed by atoms with Crippen molar-refractivity contribution in [3.8, 4) is 0 Å². The number of carboxylic acids is 1. The lowest BCUT2D eigenvalue weighted by atomic mass is 10.2. The smallest absolute Gasteiger partial charge is 0.339 e. The molecule has 116 valence electrons. The summed E-state index contributed by atoms with van der Waals surface area (Å²) in [6.07, 6.45) is 0.676. The fourth-order valence-corrected chi connectivity index (χ4v) is 2.07. The quantitative estimate of drug-likeness (QED) is 0.777. The van der Waals surface area contributed by atoms with Crippen LogP contribution >= 0.6 is 0 Å². The van der Waals surface area contributed by atoms with Crippen molar-refractivity contribution in [2.45, 2.75) is 39.7 Å². The van der Waals surface area contributed by atoms with Gasteiger partial charge in [-0.25, -0.2) is 9.78 Å². The Morgan fingerprint density at radius 2 is 2.05 bits per heavy atom. The van der Waals surface area contributed by atoms with Gasteiger partial charge in [-0.05, 0) is 39.3 Å². The molecule has 0 aliphatic rings. The summed E-state index contributed by atoms with van der Waals surface area (Å²) in [5.41, 5.74) is 1.04. The van der Waals surface area contributed by atoms with Crippen LogP contribution in [0.3, 0.4) is 0 Å². The minimum Gasteiger partial charge on any atom is -0.481 e. The fourth-order valence-electron chi connectivity index (χ4n) is 2.07. The lowest BCUT2D eigenvalue weighted by Gasteiger charge is -2.28. The summed E-state index contributed by atoms with van der Waals surface area (Å²) in [7, 11) is 1.34. The lowest BCUT2D eigenvalue weighted by molar-refractivity contribution is -0.137.